The molecule has 1 unspecified atom stereocenters. The topological polar surface area (TPSA) is 109 Å². The first-order valence-corrected chi connectivity index (χ1v) is 15.6. The van der Waals surface area contributed by atoms with E-state index in [1.807, 2.05) is 54.6 Å². The molecule has 2 atom stereocenters. The molecule has 3 aromatic carbocycles. The standard InChI is InChI=1S/C36H43NO8/c1-41-35(39)27-11-8-12-29(24-27)37-34(38)32-25-28(36(40)42-2)17-20-33(32)45-23-9-10-26-15-18-31(19-16-26)44-22-7-6-21-43-30-13-4-3-5-14-30/h3-5,13-20,25,27,29H,6-12,21-24H2,1-2H3,(H,37,38)/t27-,29?/m0/s1. The van der Waals surface area contributed by atoms with Crippen molar-refractivity contribution in [3.8, 4) is 17.2 Å². The zero-order chi connectivity index (χ0) is 31.9. The van der Waals surface area contributed by atoms with Crippen molar-refractivity contribution >= 4 is 17.8 Å². The van der Waals surface area contributed by atoms with Crippen LogP contribution in [0.15, 0.2) is 72.8 Å². The van der Waals surface area contributed by atoms with Gasteiger partial charge in [0, 0.05) is 6.04 Å². The summed E-state index contributed by atoms with van der Waals surface area (Å²) in [6.45, 7) is 1.67. The van der Waals surface area contributed by atoms with Crippen molar-refractivity contribution in [2.45, 2.75) is 57.4 Å². The van der Waals surface area contributed by atoms with Crippen LogP contribution in [0.3, 0.4) is 0 Å². The van der Waals surface area contributed by atoms with E-state index in [1.165, 1.54) is 20.3 Å². The maximum absolute atomic E-state index is 13.3. The van der Waals surface area contributed by atoms with Gasteiger partial charge in [-0.05, 0) is 93.0 Å². The van der Waals surface area contributed by atoms with Crippen LogP contribution in [0.5, 0.6) is 17.2 Å². The van der Waals surface area contributed by atoms with E-state index in [-0.39, 0.29) is 35.0 Å². The number of esters is 2. The molecule has 1 N–H and O–H groups in total. The van der Waals surface area contributed by atoms with Crippen LogP contribution in [0.1, 0.15) is 71.2 Å². The second kappa shape index (κ2) is 17.7. The third-order valence-electron chi connectivity index (χ3n) is 7.80. The van der Waals surface area contributed by atoms with Crippen molar-refractivity contribution in [2.75, 3.05) is 34.0 Å². The zero-order valence-corrected chi connectivity index (χ0v) is 26.1. The number of carbonyl (C=O) groups excluding carboxylic acids is 3. The van der Waals surface area contributed by atoms with Crippen molar-refractivity contribution < 1.29 is 38.1 Å². The Labute approximate surface area is 265 Å². The van der Waals surface area contributed by atoms with E-state index in [0.717, 1.165) is 62.0 Å². The Hall–Kier alpha value is -4.53. The highest BCUT2D eigenvalue weighted by Gasteiger charge is 2.29. The van der Waals surface area contributed by atoms with Crippen molar-refractivity contribution in [1.82, 2.24) is 5.32 Å². The van der Waals surface area contributed by atoms with E-state index >= 15 is 0 Å². The molecule has 4 rings (SSSR count). The Bertz CT molecular complexity index is 1380. The van der Waals surface area contributed by atoms with Gasteiger partial charge in [-0.1, -0.05) is 36.8 Å². The van der Waals surface area contributed by atoms with Crippen LogP contribution in [0.4, 0.5) is 0 Å². The van der Waals surface area contributed by atoms with Gasteiger partial charge in [0.15, 0.2) is 0 Å². The lowest BCUT2D eigenvalue weighted by atomic mass is 9.85. The number of rotatable bonds is 16. The number of nitrogens with one attached hydrogen (secondary N) is 1. The van der Waals surface area contributed by atoms with Gasteiger partial charge in [0.25, 0.3) is 5.91 Å². The van der Waals surface area contributed by atoms with Crippen LogP contribution in [0.25, 0.3) is 0 Å². The Morgan fingerprint density at radius 3 is 2.13 bits per heavy atom. The van der Waals surface area contributed by atoms with Gasteiger partial charge in [0.1, 0.15) is 17.2 Å². The summed E-state index contributed by atoms with van der Waals surface area (Å²) in [7, 11) is 2.67. The molecule has 0 radical (unpaired) electrons. The summed E-state index contributed by atoms with van der Waals surface area (Å²) >= 11 is 0. The summed E-state index contributed by atoms with van der Waals surface area (Å²) in [5.41, 5.74) is 1.67. The van der Waals surface area contributed by atoms with Gasteiger partial charge in [-0.2, -0.15) is 0 Å². The van der Waals surface area contributed by atoms with Crippen LogP contribution in [0, 0.1) is 5.92 Å². The number of benzene rings is 3. The third-order valence-corrected chi connectivity index (χ3v) is 7.80. The van der Waals surface area contributed by atoms with Crippen LogP contribution in [-0.2, 0) is 20.7 Å². The predicted molar refractivity (Wildman–Crippen MR) is 170 cm³/mol. The fraction of sp³-hybridized carbons (Fsp3) is 0.417. The first kappa shape index (κ1) is 33.4. The molecule has 0 saturated heterocycles. The smallest absolute Gasteiger partial charge is 0.337 e. The molecular formula is C36H43NO8. The second-order valence-corrected chi connectivity index (χ2v) is 11.1. The van der Waals surface area contributed by atoms with Crippen LogP contribution < -0.4 is 19.5 Å². The Kier molecular flexibility index (Phi) is 13.1. The van der Waals surface area contributed by atoms with Gasteiger partial charge in [-0.25, -0.2) is 4.79 Å². The molecule has 0 aliphatic heterocycles. The number of ether oxygens (including phenoxy) is 5. The fourth-order valence-electron chi connectivity index (χ4n) is 5.35. The molecule has 1 aliphatic rings. The summed E-state index contributed by atoms with van der Waals surface area (Å²) in [5.74, 6) is 0.710. The summed E-state index contributed by atoms with van der Waals surface area (Å²) in [4.78, 5) is 37.5. The molecule has 9 heteroatoms. The Morgan fingerprint density at radius 2 is 1.44 bits per heavy atom. The highest BCUT2D eigenvalue weighted by atomic mass is 16.5. The van der Waals surface area contributed by atoms with Crippen LogP contribution in [-0.4, -0.2) is 57.9 Å². The number of unbranched alkanes of at least 4 members (excludes halogenated alkanes) is 1. The van der Waals surface area contributed by atoms with E-state index in [2.05, 4.69) is 5.32 Å². The maximum Gasteiger partial charge on any atom is 0.337 e. The normalized spacial score (nSPS) is 15.9. The first-order valence-electron chi connectivity index (χ1n) is 15.6. The summed E-state index contributed by atoms with van der Waals surface area (Å²) in [6, 6.07) is 22.4. The summed E-state index contributed by atoms with van der Waals surface area (Å²) < 4.78 is 27.4. The molecule has 240 valence electrons. The zero-order valence-electron chi connectivity index (χ0n) is 26.1. The number of amides is 1. The molecule has 3 aromatic rings. The number of hydrogen-bond donors (Lipinski definition) is 1. The molecule has 0 spiro atoms. The predicted octanol–water partition coefficient (Wildman–Crippen LogP) is 6.18. The number of para-hydroxylation sites is 1. The van der Waals surface area contributed by atoms with Gasteiger partial charge < -0.3 is 29.0 Å². The van der Waals surface area contributed by atoms with Gasteiger partial charge >= 0.3 is 11.9 Å². The molecule has 9 nitrogen and oxygen atoms in total. The van der Waals surface area contributed by atoms with E-state index in [9.17, 15) is 14.4 Å². The van der Waals surface area contributed by atoms with Gasteiger partial charge in [-0.3, -0.25) is 9.59 Å². The average Bonchev–Trinajstić information content (AvgIpc) is 3.08. The average molecular weight is 618 g/mol. The third kappa shape index (κ3) is 10.6. The van der Waals surface area contributed by atoms with Crippen LogP contribution in [0.2, 0.25) is 0 Å². The molecule has 1 saturated carbocycles. The van der Waals surface area contributed by atoms with Crippen molar-refractivity contribution in [1.29, 1.82) is 0 Å². The molecule has 1 aliphatic carbocycles. The van der Waals surface area contributed by atoms with E-state index in [0.29, 0.717) is 32.0 Å². The van der Waals surface area contributed by atoms with Crippen LogP contribution >= 0.6 is 0 Å². The van der Waals surface area contributed by atoms with Crippen molar-refractivity contribution in [3.63, 3.8) is 0 Å². The highest BCUT2D eigenvalue weighted by Crippen LogP contribution is 2.27. The molecule has 0 aromatic heterocycles. The molecule has 45 heavy (non-hydrogen) atoms. The van der Waals surface area contributed by atoms with E-state index in [4.69, 9.17) is 23.7 Å². The van der Waals surface area contributed by atoms with E-state index < -0.39 is 5.97 Å². The minimum atomic E-state index is -0.538. The quantitative estimate of drug-likeness (QED) is 0.150. The molecule has 1 amide bonds. The second-order valence-electron chi connectivity index (χ2n) is 11.1. The van der Waals surface area contributed by atoms with Gasteiger partial charge in [0.2, 0.25) is 0 Å². The monoisotopic (exact) mass is 617 g/mol. The fourth-order valence-corrected chi connectivity index (χ4v) is 5.35. The minimum Gasteiger partial charge on any atom is -0.494 e. The summed E-state index contributed by atoms with van der Waals surface area (Å²) in [6.07, 6.45) is 6.17. The number of carbonyl (C=O) groups is 3. The molecule has 0 heterocycles. The first-order chi connectivity index (χ1) is 22.0. The SMILES string of the molecule is COC(=O)c1ccc(OCCCc2ccc(OCCCCOc3ccccc3)cc2)c(C(=O)NC2CCC[C@H](C(=O)OC)C2)c1. The number of hydrogen-bond acceptors (Lipinski definition) is 8. The molecule has 1 fully saturated rings. The molecular weight excluding hydrogens is 574 g/mol. The maximum atomic E-state index is 13.3. The Balaban J connectivity index is 1.22. The number of methoxy groups -OCH3 is 2. The van der Waals surface area contributed by atoms with Gasteiger partial charge in [0.05, 0.1) is 51.1 Å². The molecule has 0 bridgehead atoms. The lowest BCUT2D eigenvalue weighted by Crippen LogP contribution is -2.40. The lowest BCUT2D eigenvalue weighted by molar-refractivity contribution is -0.146. The van der Waals surface area contributed by atoms with Gasteiger partial charge in [-0.15, -0.1) is 0 Å². The van der Waals surface area contributed by atoms with E-state index in [1.54, 1.807) is 12.1 Å². The summed E-state index contributed by atoms with van der Waals surface area (Å²) in [5, 5.41) is 3.02. The minimum absolute atomic E-state index is 0.175. The number of aryl methyl sites for hydroxylation is 1. The Morgan fingerprint density at radius 1 is 0.756 bits per heavy atom. The largest absolute Gasteiger partial charge is 0.494 e. The van der Waals surface area contributed by atoms with Crippen molar-refractivity contribution in [3.05, 3.63) is 89.5 Å². The lowest BCUT2D eigenvalue weighted by Gasteiger charge is -2.28. The van der Waals surface area contributed by atoms with Crippen molar-refractivity contribution in [2.24, 2.45) is 5.92 Å². The highest BCUT2D eigenvalue weighted by molar-refractivity contribution is 6.00.